The second kappa shape index (κ2) is 9.09. The van der Waals surface area contributed by atoms with Gasteiger partial charge in [0.1, 0.15) is 30.2 Å². The summed E-state index contributed by atoms with van der Waals surface area (Å²) in [7, 11) is -4.25. The molecule has 0 spiro atoms. The van der Waals surface area contributed by atoms with Gasteiger partial charge in [-0.25, -0.2) is 20.1 Å². The molecule has 1 saturated heterocycles. The summed E-state index contributed by atoms with van der Waals surface area (Å²) in [5, 5.41) is 28.2. The number of nitrogens with zero attached hydrogens (tertiary/aromatic N) is 4. The number of amides is 1. The molecule has 0 aliphatic carbocycles. The molecule has 33 heavy (non-hydrogen) atoms. The molecule has 1 aliphatic heterocycles. The molecule has 5 N–H and O–H groups in total. The number of nitrogens with two attached hydrogens (primary N) is 1. The van der Waals surface area contributed by atoms with Crippen molar-refractivity contribution in [1.82, 2.24) is 24.8 Å². The Bertz CT molecular complexity index is 1280. The molecule has 0 saturated carbocycles. The fourth-order valence-electron chi connectivity index (χ4n) is 3.56. The minimum absolute atomic E-state index is 0.0741. The number of benzene rings is 1. The number of hydrogen-bond acceptors (Lipinski definition) is 10. The maximum absolute atomic E-state index is 12.5. The van der Waals surface area contributed by atoms with Crippen molar-refractivity contribution in [3.63, 3.8) is 0 Å². The number of carbonyl (C=O) groups is 1. The van der Waals surface area contributed by atoms with Crippen LogP contribution in [0.1, 0.15) is 27.8 Å². The fourth-order valence-corrected chi connectivity index (χ4v) is 3.89. The lowest BCUT2D eigenvalue weighted by Crippen LogP contribution is -2.35. The molecule has 176 valence electrons. The molecule has 1 aromatic carbocycles. The summed E-state index contributed by atoms with van der Waals surface area (Å²) in [6, 6.07) is 7.17. The Balaban J connectivity index is 1.52. The average Bonchev–Trinajstić information content (AvgIpc) is 3.32. The van der Waals surface area contributed by atoms with Gasteiger partial charge in [-0.15, -0.1) is 0 Å². The molecule has 3 aromatic rings. The van der Waals surface area contributed by atoms with Gasteiger partial charge in [-0.2, -0.15) is 8.42 Å². The first-order chi connectivity index (χ1) is 15.7. The number of fused-ring (bicyclic) bond motifs is 1. The lowest BCUT2D eigenvalue weighted by atomic mass is 10.1. The highest BCUT2D eigenvalue weighted by atomic mass is 32.2. The Hall–Kier alpha value is -3.01. The zero-order valence-electron chi connectivity index (χ0n) is 17.4. The van der Waals surface area contributed by atoms with E-state index in [1.807, 2.05) is 19.1 Å². The van der Waals surface area contributed by atoms with Crippen LogP contribution < -0.4 is 10.5 Å². The second-order valence-corrected chi connectivity index (χ2v) is 8.69. The molecule has 1 amide bonds. The van der Waals surface area contributed by atoms with E-state index in [-0.39, 0.29) is 18.1 Å². The number of rotatable bonds is 7. The van der Waals surface area contributed by atoms with E-state index in [1.165, 1.54) is 17.2 Å². The van der Waals surface area contributed by atoms with Crippen LogP contribution >= 0.6 is 0 Å². The molecule has 0 bridgehead atoms. The first kappa shape index (κ1) is 23.2. The summed E-state index contributed by atoms with van der Waals surface area (Å²) in [6.45, 7) is 1.33. The number of ether oxygens (including phenoxy) is 1. The molecular formula is C19H22N6O7S. The molecule has 2 aromatic heterocycles. The summed E-state index contributed by atoms with van der Waals surface area (Å²) in [4.78, 5) is 25.1. The normalized spacial score (nSPS) is 23.2. The van der Waals surface area contributed by atoms with Crippen molar-refractivity contribution in [2.45, 2.75) is 38.0 Å². The number of imidazole rings is 1. The molecule has 4 rings (SSSR count). The first-order valence-corrected chi connectivity index (χ1v) is 11.3. The van der Waals surface area contributed by atoms with Gasteiger partial charge >= 0.3 is 10.3 Å². The van der Waals surface area contributed by atoms with Crippen LogP contribution in [0.2, 0.25) is 0 Å². The first-order valence-electron chi connectivity index (χ1n) is 9.84. The van der Waals surface area contributed by atoms with Crippen molar-refractivity contribution in [2.75, 3.05) is 6.61 Å². The molecule has 3 heterocycles. The number of hydrogen-bond donors (Lipinski definition) is 4. The monoisotopic (exact) mass is 478 g/mol. The number of carbonyl (C=O) groups excluding carboxylic acids is 1. The van der Waals surface area contributed by atoms with Crippen LogP contribution in [-0.4, -0.2) is 69.0 Å². The summed E-state index contributed by atoms with van der Waals surface area (Å²) in [6.07, 6.45) is -2.52. The van der Waals surface area contributed by atoms with E-state index in [1.54, 1.807) is 12.1 Å². The van der Waals surface area contributed by atoms with Crippen molar-refractivity contribution in [3.8, 4) is 0 Å². The number of aromatic nitrogens is 4. The third kappa shape index (κ3) is 4.85. The van der Waals surface area contributed by atoms with Gasteiger partial charge in [-0.05, 0) is 18.6 Å². The van der Waals surface area contributed by atoms with Crippen LogP contribution in [0.3, 0.4) is 0 Å². The average molecular weight is 478 g/mol. The van der Waals surface area contributed by atoms with E-state index in [0.29, 0.717) is 16.8 Å². The lowest BCUT2D eigenvalue weighted by molar-refractivity contribution is -0.0467. The molecule has 4 atom stereocenters. The van der Waals surface area contributed by atoms with Gasteiger partial charge in [0, 0.05) is 5.56 Å². The third-order valence-corrected chi connectivity index (χ3v) is 5.71. The minimum Gasteiger partial charge on any atom is -0.387 e. The van der Waals surface area contributed by atoms with Crippen molar-refractivity contribution < 1.29 is 32.3 Å². The Morgan fingerprint density at radius 3 is 2.73 bits per heavy atom. The fraction of sp³-hybridized carbons (Fsp3) is 0.368. The summed E-state index contributed by atoms with van der Waals surface area (Å²) < 4.78 is 33.5. The minimum atomic E-state index is -4.25. The molecule has 13 nitrogen and oxygen atoms in total. The lowest BCUT2D eigenvalue weighted by Gasteiger charge is -2.16. The SMILES string of the molecule is Cc1ccccc1C(=O)NCc1ncnc2c1ncn2[C@@H]1OC(COS(N)(=O)=O)[C@@H](O)[C@H]1O. The van der Waals surface area contributed by atoms with Crippen molar-refractivity contribution in [2.24, 2.45) is 5.14 Å². The van der Waals surface area contributed by atoms with Crippen LogP contribution in [0.4, 0.5) is 0 Å². The quantitative estimate of drug-likeness (QED) is 0.324. The van der Waals surface area contributed by atoms with Gasteiger partial charge < -0.3 is 20.3 Å². The summed E-state index contributed by atoms with van der Waals surface area (Å²) in [5.74, 6) is -0.269. The van der Waals surface area contributed by atoms with E-state index in [9.17, 15) is 23.4 Å². The van der Waals surface area contributed by atoms with Crippen LogP contribution in [0.25, 0.3) is 11.2 Å². The molecule has 14 heteroatoms. The maximum atomic E-state index is 12.5. The van der Waals surface area contributed by atoms with Gasteiger partial charge in [-0.1, -0.05) is 18.2 Å². The van der Waals surface area contributed by atoms with Gasteiger partial charge in [0.25, 0.3) is 5.91 Å². The number of aliphatic hydroxyl groups is 2. The van der Waals surface area contributed by atoms with Gasteiger partial charge in [-0.3, -0.25) is 13.5 Å². The van der Waals surface area contributed by atoms with Gasteiger partial charge in [0.2, 0.25) is 0 Å². The Kier molecular flexibility index (Phi) is 6.38. The van der Waals surface area contributed by atoms with Crippen LogP contribution in [0, 0.1) is 6.92 Å². The molecule has 1 fully saturated rings. The third-order valence-electron chi connectivity index (χ3n) is 5.25. The second-order valence-electron chi connectivity index (χ2n) is 7.47. The highest BCUT2D eigenvalue weighted by molar-refractivity contribution is 7.84. The molecule has 0 radical (unpaired) electrons. The highest BCUT2D eigenvalue weighted by Crippen LogP contribution is 2.32. The maximum Gasteiger partial charge on any atom is 0.333 e. The standard InChI is InChI=1S/C19H22N6O7S/c1-10-4-2-3-5-11(10)18(28)21-6-12-14-17(23-8-22-12)25(9-24-14)19-16(27)15(26)13(32-19)7-31-33(20,29)30/h2-5,8-9,13,15-16,19,26-27H,6-7H2,1H3,(H,21,28)(H2,20,29,30)/t13?,15-,16-,19-/m1/s1. The van der Waals surface area contributed by atoms with Crippen LogP contribution in [-0.2, 0) is 25.8 Å². The predicted molar refractivity (Wildman–Crippen MR) is 113 cm³/mol. The van der Waals surface area contributed by atoms with E-state index in [0.717, 1.165) is 5.56 Å². The van der Waals surface area contributed by atoms with E-state index in [2.05, 4.69) is 24.5 Å². The van der Waals surface area contributed by atoms with E-state index in [4.69, 9.17) is 9.88 Å². The molecule has 1 unspecified atom stereocenters. The van der Waals surface area contributed by atoms with Crippen molar-refractivity contribution in [3.05, 3.63) is 53.7 Å². The zero-order valence-corrected chi connectivity index (χ0v) is 18.2. The molecule has 1 aliphatic rings. The largest absolute Gasteiger partial charge is 0.387 e. The smallest absolute Gasteiger partial charge is 0.333 e. The Labute approximate surface area is 188 Å². The van der Waals surface area contributed by atoms with E-state index < -0.39 is 41.5 Å². The van der Waals surface area contributed by atoms with Crippen LogP contribution in [0.15, 0.2) is 36.9 Å². The zero-order chi connectivity index (χ0) is 23.8. The number of nitrogens with one attached hydrogen (secondary N) is 1. The summed E-state index contributed by atoms with van der Waals surface area (Å²) in [5.41, 5.74) is 2.45. The van der Waals surface area contributed by atoms with Crippen molar-refractivity contribution in [1.29, 1.82) is 0 Å². The van der Waals surface area contributed by atoms with Gasteiger partial charge in [0.05, 0.1) is 25.2 Å². The highest BCUT2D eigenvalue weighted by Gasteiger charge is 2.45. The predicted octanol–water partition coefficient (Wildman–Crippen LogP) is -1.10. The topological polar surface area (TPSA) is 192 Å². The summed E-state index contributed by atoms with van der Waals surface area (Å²) >= 11 is 0. The Morgan fingerprint density at radius 2 is 2.00 bits per heavy atom. The van der Waals surface area contributed by atoms with Gasteiger partial charge in [0.15, 0.2) is 11.9 Å². The van der Waals surface area contributed by atoms with E-state index >= 15 is 0 Å². The Morgan fingerprint density at radius 1 is 1.24 bits per heavy atom. The van der Waals surface area contributed by atoms with Crippen LogP contribution in [0.5, 0.6) is 0 Å². The number of aryl methyl sites for hydroxylation is 1. The number of aliphatic hydroxyl groups excluding tert-OH is 2. The van der Waals surface area contributed by atoms with Crippen molar-refractivity contribution >= 4 is 27.4 Å². The molecular weight excluding hydrogens is 456 g/mol.